The van der Waals surface area contributed by atoms with Crippen molar-refractivity contribution in [1.82, 2.24) is 26.4 Å². The minimum absolute atomic E-state index is 0.734. The van der Waals surface area contributed by atoms with Gasteiger partial charge in [0, 0.05) is 6.42 Å². The van der Waals surface area contributed by atoms with E-state index in [0.717, 1.165) is 29.2 Å². The maximum atomic E-state index is 4.04. The number of hydrogen-bond acceptors (Lipinski definition) is 5. The topological polar surface area (TPSA) is 78.0 Å². The van der Waals surface area contributed by atoms with Gasteiger partial charge in [-0.3, -0.25) is 5.43 Å². The highest BCUT2D eigenvalue weighted by Gasteiger charge is 2.22. The second kappa shape index (κ2) is 1.84. The Morgan fingerprint density at radius 3 is 3.33 bits per heavy atom. The number of aromatic nitrogens is 3. The Balaban J connectivity index is 2.18. The third-order valence-corrected chi connectivity index (χ3v) is 1.96. The van der Waals surface area contributed by atoms with Crippen LogP contribution in [0.4, 0.5) is 0 Å². The zero-order chi connectivity index (χ0) is 7.97. The Hall–Kier alpha value is -1.85. The molecule has 1 aromatic heterocycles. The summed E-state index contributed by atoms with van der Waals surface area (Å²) in [5.74, 6) is 0. The molecule has 0 unspecified atom stereocenters. The second-order valence-electron chi connectivity index (χ2n) is 2.69. The SMILES string of the molecule is C1=C2NNN=C2Cc2n[nH]nc21. The van der Waals surface area contributed by atoms with E-state index in [4.69, 9.17) is 0 Å². The highest BCUT2D eigenvalue weighted by atomic mass is 15.6. The van der Waals surface area contributed by atoms with Gasteiger partial charge < -0.3 is 0 Å². The van der Waals surface area contributed by atoms with E-state index in [0.29, 0.717) is 0 Å². The van der Waals surface area contributed by atoms with E-state index in [1.165, 1.54) is 0 Å². The molecule has 0 atom stereocenters. The predicted octanol–water partition coefficient (Wildman–Crippen LogP) is -0.835. The molecule has 0 radical (unpaired) electrons. The lowest BCUT2D eigenvalue weighted by atomic mass is 10.0. The summed E-state index contributed by atoms with van der Waals surface area (Å²) in [7, 11) is 0. The van der Waals surface area contributed by atoms with Gasteiger partial charge in [0.1, 0.15) is 5.69 Å². The molecule has 3 N–H and O–H groups in total. The van der Waals surface area contributed by atoms with E-state index in [1.54, 1.807) is 0 Å². The molecule has 0 saturated heterocycles. The van der Waals surface area contributed by atoms with Crippen LogP contribution in [0.15, 0.2) is 10.8 Å². The molecule has 1 aliphatic carbocycles. The number of nitrogens with zero attached hydrogens (tertiary/aromatic N) is 3. The quantitative estimate of drug-likeness (QED) is 0.465. The monoisotopic (exact) mass is 162 g/mol. The molecule has 0 spiro atoms. The summed E-state index contributed by atoms with van der Waals surface area (Å²) < 4.78 is 0. The average molecular weight is 162 g/mol. The van der Waals surface area contributed by atoms with E-state index in [-0.39, 0.29) is 0 Å². The molecular weight excluding hydrogens is 156 g/mol. The Morgan fingerprint density at radius 2 is 2.33 bits per heavy atom. The zero-order valence-electron chi connectivity index (χ0n) is 6.13. The van der Waals surface area contributed by atoms with E-state index < -0.39 is 0 Å². The van der Waals surface area contributed by atoms with Gasteiger partial charge in [-0.1, -0.05) is 0 Å². The number of H-pyrrole nitrogens is 1. The van der Waals surface area contributed by atoms with Gasteiger partial charge in [-0.2, -0.15) is 20.5 Å². The first-order valence-corrected chi connectivity index (χ1v) is 3.63. The van der Waals surface area contributed by atoms with E-state index in [9.17, 15) is 0 Å². The number of allylic oxidation sites excluding steroid dienone is 1. The van der Waals surface area contributed by atoms with E-state index in [2.05, 4.69) is 31.5 Å². The maximum Gasteiger partial charge on any atom is 0.111 e. The lowest BCUT2D eigenvalue weighted by molar-refractivity contribution is 0.692. The van der Waals surface area contributed by atoms with Crippen LogP contribution in [0.3, 0.4) is 0 Å². The lowest BCUT2D eigenvalue weighted by Gasteiger charge is -2.05. The van der Waals surface area contributed by atoms with Crippen molar-refractivity contribution in [1.29, 1.82) is 0 Å². The van der Waals surface area contributed by atoms with Crippen LogP contribution in [0.25, 0.3) is 6.08 Å². The molecule has 2 aliphatic rings. The van der Waals surface area contributed by atoms with Crippen molar-refractivity contribution >= 4 is 11.8 Å². The summed E-state index contributed by atoms with van der Waals surface area (Å²) in [6, 6.07) is 0. The number of aromatic amines is 1. The largest absolute Gasteiger partial charge is 0.283 e. The van der Waals surface area contributed by atoms with Crippen LogP contribution < -0.4 is 11.0 Å². The summed E-state index contributed by atoms with van der Waals surface area (Å²) in [6.45, 7) is 0. The molecule has 1 aliphatic heterocycles. The molecule has 60 valence electrons. The van der Waals surface area contributed by atoms with Crippen LogP contribution in [0, 0.1) is 0 Å². The molecule has 0 amide bonds. The molecule has 1 aromatic rings. The molecular formula is C6H6N6. The Morgan fingerprint density at radius 1 is 1.33 bits per heavy atom. The van der Waals surface area contributed by atoms with Crippen molar-refractivity contribution < 1.29 is 0 Å². The predicted molar refractivity (Wildman–Crippen MR) is 41.8 cm³/mol. The fraction of sp³-hybridized carbons (Fsp3) is 0.167. The molecule has 0 saturated carbocycles. The second-order valence-corrected chi connectivity index (χ2v) is 2.69. The maximum absolute atomic E-state index is 4.04. The minimum atomic E-state index is 0.734. The van der Waals surface area contributed by atoms with Crippen LogP contribution in [0.2, 0.25) is 0 Å². The highest BCUT2D eigenvalue weighted by Crippen LogP contribution is 2.17. The van der Waals surface area contributed by atoms with Gasteiger partial charge in [-0.25, -0.2) is 5.53 Å². The zero-order valence-corrected chi connectivity index (χ0v) is 6.13. The molecule has 2 heterocycles. The summed E-state index contributed by atoms with van der Waals surface area (Å²) in [4.78, 5) is 0. The molecule has 6 heteroatoms. The summed E-state index contributed by atoms with van der Waals surface area (Å²) in [6.07, 6.45) is 2.65. The van der Waals surface area contributed by atoms with Crippen molar-refractivity contribution in [2.24, 2.45) is 5.10 Å². The Bertz CT molecular complexity index is 386. The lowest BCUT2D eigenvalue weighted by Crippen LogP contribution is -2.22. The molecule has 0 bridgehead atoms. The number of fused-ring (bicyclic) bond motifs is 2. The Labute approximate surface area is 67.7 Å². The first-order chi connectivity index (χ1) is 5.93. The number of hydrazine groups is 1. The van der Waals surface area contributed by atoms with Crippen LogP contribution in [0.1, 0.15) is 11.4 Å². The van der Waals surface area contributed by atoms with Gasteiger partial charge in [0.15, 0.2) is 0 Å². The highest BCUT2D eigenvalue weighted by molar-refractivity contribution is 6.07. The van der Waals surface area contributed by atoms with Crippen molar-refractivity contribution in [3.05, 3.63) is 17.1 Å². The van der Waals surface area contributed by atoms with Gasteiger partial charge in [-0.15, -0.1) is 0 Å². The van der Waals surface area contributed by atoms with Crippen molar-refractivity contribution in [2.45, 2.75) is 6.42 Å². The van der Waals surface area contributed by atoms with Crippen molar-refractivity contribution in [3.63, 3.8) is 0 Å². The van der Waals surface area contributed by atoms with E-state index >= 15 is 0 Å². The van der Waals surface area contributed by atoms with Gasteiger partial charge in [0.2, 0.25) is 0 Å². The van der Waals surface area contributed by atoms with Crippen LogP contribution in [-0.4, -0.2) is 21.1 Å². The third kappa shape index (κ3) is 0.609. The van der Waals surface area contributed by atoms with Gasteiger partial charge in [0.05, 0.1) is 17.1 Å². The van der Waals surface area contributed by atoms with E-state index in [1.807, 2.05) is 6.08 Å². The summed E-state index contributed by atoms with van der Waals surface area (Å²) >= 11 is 0. The van der Waals surface area contributed by atoms with Gasteiger partial charge in [0.25, 0.3) is 0 Å². The number of nitrogens with one attached hydrogen (secondary N) is 3. The van der Waals surface area contributed by atoms with Crippen LogP contribution in [-0.2, 0) is 6.42 Å². The first-order valence-electron chi connectivity index (χ1n) is 3.63. The number of hydrazone groups is 1. The fourth-order valence-electron chi connectivity index (χ4n) is 1.34. The molecule has 3 rings (SSSR count). The third-order valence-electron chi connectivity index (χ3n) is 1.96. The molecule has 0 aromatic carbocycles. The number of hydrogen-bond donors (Lipinski definition) is 3. The van der Waals surface area contributed by atoms with Gasteiger partial charge >= 0.3 is 0 Å². The standard InChI is InChI=1S/C6H6N6/c1-3-5(9-11-7-3)2-6-4(1)8-12-10-6/h1,7,11H,2H2,(H,8,10,12). The summed E-state index contributed by atoms with van der Waals surface area (Å²) in [5.41, 5.74) is 9.41. The fourth-order valence-corrected chi connectivity index (χ4v) is 1.34. The van der Waals surface area contributed by atoms with Crippen molar-refractivity contribution in [2.75, 3.05) is 0 Å². The van der Waals surface area contributed by atoms with Crippen molar-refractivity contribution in [3.8, 4) is 0 Å². The average Bonchev–Trinajstić information content (AvgIpc) is 2.64. The molecule has 12 heavy (non-hydrogen) atoms. The van der Waals surface area contributed by atoms with Gasteiger partial charge in [-0.05, 0) is 6.08 Å². The smallest absolute Gasteiger partial charge is 0.111 e. The minimum Gasteiger partial charge on any atom is -0.283 e. The van der Waals surface area contributed by atoms with Crippen LogP contribution in [0.5, 0.6) is 0 Å². The normalized spacial score (nSPS) is 18.3. The number of rotatable bonds is 0. The Kier molecular flexibility index (Phi) is 0.885. The summed E-state index contributed by atoms with van der Waals surface area (Å²) in [5, 5.41) is 14.6. The first kappa shape index (κ1) is 5.76. The molecule has 6 nitrogen and oxygen atoms in total. The van der Waals surface area contributed by atoms with Crippen LogP contribution >= 0.6 is 0 Å². The molecule has 0 fully saturated rings.